The Morgan fingerprint density at radius 1 is 0.667 bits per heavy atom. The van der Waals surface area contributed by atoms with Gasteiger partial charge in [0.05, 0.1) is 25.4 Å². The Balaban J connectivity index is 1.51. The van der Waals surface area contributed by atoms with E-state index < -0.39 is 0 Å². The molecule has 0 amide bonds. The van der Waals surface area contributed by atoms with Gasteiger partial charge >= 0.3 is 11.9 Å². The first-order chi connectivity index (χ1) is 20.5. The fourth-order valence-corrected chi connectivity index (χ4v) is 4.81. The van der Waals surface area contributed by atoms with Gasteiger partial charge in [0.1, 0.15) is 5.75 Å². The highest BCUT2D eigenvalue weighted by molar-refractivity contribution is 5.90. The minimum absolute atomic E-state index is 0.246. The van der Waals surface area contributed by atoms with Crippen LogP contribution in [0.4, 0.5) is 0 Å². The number of hydrogen-bond acceptors (Lipinski definition) is 5. The summed E-state index contributed by atoms with van der Waals surface area (Å²) in [5.74, 6) is 1.10. The molecule has 0 N–H and O–H groups in total. The molecule has 2 rings (SSSR count). The lowest BCUT2D eigenvalue weighted by atomic mass is 10.0. The first-order valence-corrected chi connectivity index (χ1v) is 16.3. The van der Waals surface area contributed by atoms with E-state index in [1.807, 2.05) is 36.4 Å². The molecule has 0 aliphatic carbocycles. The van der Waals surface area contributed by atoms with Gasteiger partial charge in [0.15, 0.2) is 0 Å². The van der Waals surface area contributed by atoms with Crippen molar-refractivity contribution in [2.75, 3.05) is 19.8 Å². The molecule has 0 aliphatic rings. The number of rotatable bonds is 24. The summed E-state index contributed by atoms with van der Waals surface area (Å²) in [6, 6.07) is 15.8. The fraction of sp³-hybridized carbons (Fsp3) is 0.568. The van der Waals surface area contributed by atoms with Crippen LogP contribution in [0.25, 0.3) is 11.1 Å². The largest absolute Gasteiger partial charge is 0.494 e. The Morgan fingerprint density at radius 3 is 1.69 bits per heavy atom. The maximum atomic E-state index is 12.4. The summed E-state index contributed by atoms with van der Waals surface area (Å²) >= 11 is 0. The second-order valence-corrected chi connectivity index (χ2v) is 11.4. The van der Waals surface area contributed by atoms with E-state index in [4.69, 9.17) is 14.2 Å². The zero-order valence-corrected chi connectivity index (χ0v) is 26.2. The van der Waals surface area contributed by atoms with E-state index in [0.717, 1.165) is 61.5 Å². The first kappa shape index (κ1) is 35.1. The molecule has 0 spiro atoms. The number of benzene rings is 2. The van der Waals surface area contributed by atoms with Crippen LogP contribution in [0.1, 0.15) is 121 Å². The molecule has 0 bridgehead atoms. The van der Waals surface area contributed by atoms with Crippen LogP contribution < -0.4 is 4.74 Å². The molecule has 0 heterocycles. The number of carbonyl (C=O) groups excluding carboxylic acids is 2. The lowest BCUT2D eigenvalue weighted by molar-refractivity contribution is -0.137. The van der Waals surface area contributed by atoms with Gasteiger partial charge in [-0.3, -0.25) is 0 Å². The highest BCUT2D eigenvalue weighted by Gasteiger charge is 2.08. The summed E-state index contributed by atoms with van der Waals surface area (Å²) in [5, 5.41) is 0. The summed E-state index contributed by atoms with van der Waals surface area (Å²) < 4.78 is 16.4. The summed E-state index contributed by atoms with van der Waals surface area (Å²) in [4.78, 5) is 23.3. The second kappa shape index (κ2) is 22.5. The van der Waals surface area contributed by atoms with Gasteiger partial charge in [-0.1, -0.05) is 122 Å². The van der Waals surface area contributed by atoms with Crippen molar-refractivity contribution in [1.29, 1.82) is 0 Å². The molecule has 2 aromatic carbocycles. The summed E-state index contributed by atoms with van der Waals surface area (Å²) in [7, 11) is 0. The van der Waals surface area contributed by atoms with Crippen molar-refractivity contribution in [1.82, 2.24) is 0 Å². The Hall–Kier alpha value is -3.08. The Morgan fingerprint density at radius 2 is 1.14 bits per heavy atom. The normalized spacial score (nSPS) is 11.6. The third-order valence-corrected chi connectivity index (χ3v) is 7.80. The molecule has 1 atom stereocenters. The number of esters is 2. The van der Waals surface area contributed by atoms with Gasteiger partial charge in [-0.25, -0.2) is 9.59 Å². The van der Waals surface area contributed by atoms with Crippen molar-refractivity contribution in [3.63, 3.8) is 0 Å². The lowest BCUT2D eigenvalue weighted by Crippen LogP contribution is -2.06. The first-order valence-electron chi connectivity index (χ1n) is 16.3. The molecule has 0 saturated carbocycles. The van der Waals surface area contributed by atoms with Crippen molar-refractivity contribution in [3.8, 4) is 16.9 Å². The van der Waals surface area contributed by atoms with Gasteiger partial charge in [-0.2, -0.15) is 0 Å². The lowest BCUT2D eigenvalue weighted by Gasteiger charge is -2.09. The molecule has 0 saturated heterocycles. The van der Waals surface area contributed by atoms with Crippen LogP contribution in [0.15, 0.2) is 61.2 Å². The van der Waals surface area contributed by atoms with Crippen LogP contribution in [-0.4, -0.2) is 31.8 Å². The molecule has 5 heteroatoms. The topological polar surface area (TPSA) is 61.8 Å². The zero-order valence-electron chi connectivity index (χ0n) is 26.2. The standard InChI is InChI=1S/C37H54O5/c1-4-31(3)19-15-14-18-30-42-37(39)34-22-20-32(21-23-34)33-24-26-35(27-25-33)40-28-16-12-10-8-6-7-9-11-13-17-29-41-36(38)5-2/h5,20-27,31H,2,4,6-19,28-30H2,1,3H3. The van der Waals surface area contributed by atoms with Crippen LogP contribution in [0.3, 0.4) is 0 Å². The third kappa shape index (κ3) is 15.8. The molecule has 42 heavy (non-hydrogen) atoms. The second-order valence-electron chi connectivity index (χ2n) is 11.4. The van der Waals surface area contributed by atoms with Gasteiger partial charge in [-0.15, -0.1) is 0 Å². The molecule has 1 unspecified atom stereocenters. The molecular formula is C37H54O5. The number of hydrogen-bond donors (Lipinski definition) is 0. The van der Waals surface area contributed by atoms with Crippen LogP contribution in [0.2, 0.25) is 0 Å². The van der Waals surface area contributed by atoms with E-state index in [0.29, 0.717) is 18.8 Å². The molecule has 0 fully saturated rings. The maximum Gasteiger partial charge on any atom is 0.338 e. The maximum absolute atomic E-state index is 12.4. The van der Waals surface area contributed by atoms with Crippen molar-refractivity contribution < 1.29 is 23.8 Å². The van der Waals surface area contributed by atoms with E-state index in [1.165, 1.54) is 70.3 Å². The highest BCUT2D eigenvalue weighted by atomic mass is 16.5. The smallest absolute Gasteiger partial charge is 0.338 e. The zero-order chi connectivity index (χ0) is 30.3. The van der Waals surface area contributed by atoms with Gasteiger partial charge in [0.25, 0.3) is 0 Å². The average Bonchev–Trinajstić information content (AvgIpc) is 3.02. The highest BCUT2D eigenvalue weighted by Crippen LogP contribution is 2.23. The summed E-state index contributed by atoms with van der Waals surface area (Å²) in [6.07, 6.45) is 18.8. The molecule has 5 nitrogen and oxygen atoms in total. The fourth-order valence-electron chi connectivity index (χ4n) is 4.81. The van der Waals surface area contributed by atoms with Crippen LogP contribution in [0.5, 0.6) is 5.75 Å². The molecule has 0 aromatic heterocycles. The van der Waals surface area contributed by atoms with Crippen molar-refractivity contribution in [3.05, 3.63) is 66.7 Å². The predicted molar refractivity (Wildman–Crippen MR) is 173 cm³/mol. The van der Waals surface area contributed by atoms with Crippen molar-refractivity contribution in [2.24, 2.45) is 5.92 Å². The van der Waals surface area contributed by atoms with E-state index >= 15 is 0 Å². The van der Waals surface area contributed by atoms with Crippen LogP contribution in [0, 0.1) is 5.92 Å². The van der Waals surface area contributed by atoms with Crippen molar-refractivity contribution >= 4 is 11.9 Å². The molecule has 2 aromatic rings. The Kier molecular flexibility index (Phi) is 18.8. The molecule has 0 aliphatic heterocycles. The third-order valence-electron chi connectivity index (χ3n) is 7.80. The van der Waals surface area contributed by atoms with E-state index in [2.05, 4.69) is 32.6 Å². The quantitative estimate of drug-likeness (QED) is 0.0704. The van der Waals surface area contributed by atoms with E-state index in [-0.39, 0.29) is 11.9 Å². The molecule has 232 valence electrons. The van der Waals surface area contributed by atoms with E-state index in [9.17, 15) is 9.59 Å². The summed E-state index contributed by atoms with van der Waals surface area (Å²) in [5.41, 5.74) is 2.76. The predicted octanol–water partition coefficient (Wildman–Crippen LogP) is 10.1. The Labute approximate surface area is 255 Å². The van der Waals surface area contributed by atoms with Crippen LogP contribution in [-0.2, 0) is 14.3 Å². The van der Waals surface area contributed by atoms with Gasteiger partial charge in [-0.05, 0) is 60.6 Å². The van der Waals surface area contributed by atoms with E-state index in [1.54, 1.807) is 0 Å². The van der Waals surface area contributed by atoms with Gasteiger partial charge < -0.3 is 14.2 Å². The van der Waals surface area contributed by atoms with Crippen molar-refractivity contribution in [2.45, 2.75) is 110 Å². The monoisotopic (exact) mass is 578 g/mol. The van der Waals surface area contributed by atoms with Gasteiger partial charge in [0.2, 0.25) is 0 Å². The SMILES string of the molecule is C=CC(=O)OCCCCCCCCCCCCOc1ccc(-c2ccc(C(=O)OCCCCCC(C)CC)cc2)cc1. The minimum atomic E-state index is -0.328. The number of unbranched alkanes of at least 4 members (excludes halogenated alkanes) is 11. The van der Waals surface area contributed by atoms with Crippen LogP contribution >= 0.6 is 0 Å². The number of carbonyl (C=O) groups is 2. The Bertz CT molecular complexity index is 996. The minimum Gasteiger partial charge on any atom is -0.494 e. The molecule has 0 radical (unpaired) electrons. The average molecular weight is 579 g/mol. The number of ether oxygens (including phenoxy) is 3. The molecular weight excluding hydrogens is 524 g/mol. The van der Waals surface area contributed by atoms with Gasteiger partial charge in [0, 0.05) is 6.08 Å². The summed E-state index contributed by atoms with van der Waals surface area (Å²) in [6.45, 7) is 9.65.